The van der Waals surface area contributed by atoms with Crippen molar-refractivity contribution >= 4 is 5.97 Å². The Morgan fingerprint density at radius 3 is 2.36 bits per heavy atom. The number of ether oxygens (including phenoxy) is 5. The van der Waals surface area contributed by atoms with Crippen molar-refractivity contribution < 1.29 is 33.6 Å². The lowest BCUT2D eigenvalue weighted by molar-refractivity contribution is -0.222. The number of methoxy groups -OCH3 is 3. The first-order chi connectivity index (χ1) is 16.1. The number of rotatable bonds is 11. The van der Waals surface area contributed by atoms with Gasteiger partial charge < -0.3 is 28.8 Å². The van der Waals surface area contributed by atoms with E-state index in [9.17, 15) is 9.90 Å². The number of carbonyl (C=O) groups is 1. The van der Waals surface area contributed by atoms with E-state index in [0.717, 1.165) is 24.0 Å². The van der Waals surface area contributed by atoms with Crippen molar-refractivity contribution in [3.63, 3.8) is 0 Å². The number of esters is 1. The van der Waals surface area contributed by atoms with Gasteiger partial charge in [0.1, 0.15) is 6.04 Å². The van der Waals surface area contributed by atoms with E-state index in [4.69, 9.17) is 23.7 Å². The number of hydrogen-bond donors (Lipinski definition) is 1. The van der Waals surface area contributed by atoms with Gasteiger partial charge in [-0.05, 0) is 36.1 Å². The Kier molecular flexibility index (Phi) is 9.35. The molecule has 2 aromatic rings. The second kappa shape index (κ2) is 12.4. The number of aliphatic hydroxyl groups excluding tert-OH is 1. The molecule has 180 valence electrons. The van der Waals surface area contributed by atoms with Crippen LogP contribution in [0.1, 0.15) is 30.4 Å². The summed E-state index contributed by atoms with van der Waals surface area (Å²) in [6, 6.07) is 12.8. The molecule has 1 fully saturated rings. The summed E-state index contributed by atoms with van der Waals surface area (Å²) in [6.45, 7) is 1.03. The van der Waals surface area contributed by atoms with Crippen LogP contribution in [0.3, 0.4) is 0 Å². The summed E-state index contributed by atoms with van der Waals surface area (Å²) < 4.78 is 27.3. The molecule has 1 unspecified atom stereocenters. The highest BCUT2D eigenvalue weighted by Crippen LogP contribution is 2.38. The molecule has 1 heterocycles. The van der Waals surface area contributed by atoms with Crippen LogP contribution in [0.25, 0.3) is 0 Å². The largest absolute Gasteiger partial charge is 0.493 e. The molecule has 0 saturated carbocycles. The summed E-state index contributed by atoms with van der Waals surface area (Å²) in [6.07, 6.45) is 1.73. The molecule has 1 saturated heterocycles. The fourth-order valence-corrected chi connectivity index (χ4v) is 3.96. The van der Waals surface area contributed by atoms with Crippen LogP contribution >= 0.6 is 0 Å². The smallest absolute Gasteiger partial charge is 0.323 e. The van der Waals surface area contributed by atoms with Gasteiger partial charge in [0, 0.05) is 13.0 Å². The number of piperidine rings is 1. The van der Waals surface area contributed by atoms with Crippen molar-refractivity contribution in [1.29, 1.82) is 0 Å². The Morgan fingerprint density at radius 2 is 1.73 bits per heavy atom. The Hall–Kier alpha value is -2.81. The average molecular weight is 460 g/mol. The van der Waals surface area contributed by atoms with E-state index in [1.54, 1.807) is 26.2 Å². The van der Waals surface area contributed by atoms with Gasteiger partial charge in [-0.2, -0.15) is 0 Å². The van der Waals surface area contributed by atoms with E-state index < -0.39 is 12.5 Å². The molecule has 1 aliphatic rings. The molecule has 2 aromatic carbocycles. The molecule has 8 nitrogen and oxygen atoms in total. The quantitative estimate of drug-likeness (QED) is 0.405. The molecule has 0 amide bonds. The molecule has 1 aliphatic heterocycles. The van der Waals surface area contributed by atoms with Gasteiger partial charge in [-0.15, -0.1) is 0 Å². The van der Waals surface area contributed by atoms with E-state index in [2.05, 4.69) is 0 Å². The zero-order chi connectivity index (χ0) is 23.6. The predicted octanol–water partition coefficient (Wildman–Crippen LogP) is 3.15. The average Bonchev–Trinajstić information content (AvgIpc) is 2.87. The third-order valence-corrected chi connectivity index (χ3v) is 5.70. The van der Waals surface area contributed by atoms with E-state index in [-0.39, 0.29) is 19.2 Å². The Morgan fingerprint density at radius 1 is 1.03 bits per heavy atom. The molecule has 0 spiro atoms. The Balaban J connectivity index is 1.56. The highest BCUT2D eigenvalue weighted by molar-refractivity contribution is 5.76. The van der Waals surface area contributed by atoms with Crippen molar-refractivity contribution in [2.45, 2.75) is 44.7 Å². The van der Waals surface area contributed by atoms with E-state index >= 15 is 0 Å². The molecular weight excluding hydrogens is 426 g/mol. The van der Waals surface area contributed by atoms with Crippen LogP contribution in [0, 0.1) is 0 Å². The molecule has 3 rings (SSSR count). The lowest BCUT2D eigenvalue weighted by Crippen LogP contribution is -2.51. The third kappa shape index (κ3) is 6.60. The van der Waals surface area contributed by atoms with Crippen LogP contribution in [0.5, 0.6) is 17.2 Å². The zero-order valence-corrected chi connectivity index (χ0v) is 19.5. The summed E-state index contributed by atoms with van der Waals surface area (Å²) in [7, 11) is 4.67. The minimum absolute atomic E-state index is 0.197. The van der Waals surface area contributed by atoms with Gasteiger partial charge >= 0.3 is 5.97 Å². The summed E-state index contributed by atoms with van der Waals surface area (Å²) in [4.78, 5) is 14.5. The van der Waals surface area contributed by atoms with Gasteiger partial charge in [0.2, 0.25) is 12.2 Å². The maximum Gasteiger partial charge on any atom is 0.323 e. The first-order valence-electron chi connectivity index (χ1n) is 11.1. The molecular formula is C25H33NO7. The summed E-state index contributed by atoms with van der Waals surface area (Å²) in [5.74, 6) is 1.26. The highest BCUT2D eigenvalue weighted by Gasteiger charge is 2.34. The zero-order valence-electron chi connectivity index (χ0n) is 19.5. The third-order valence-electron chi connectivity index (χ3n) is 5.70. The van der Waals surface area contributed by atoms with Crippen molar-refractivity contribution in [1.82, 2.24) is 4.90 Å². The monoisotopic (exact) mass is 459 g/mol. The van der Waals surface area contributed by atoms with Gasteiger partial charge in [0.05, 0.1) is 34.5 Å². The van der Waals surface area contributed by atoms with Crippen LogP contribution < -0.4 is 14.2 Å². The number of hydrogen-bond acceptors (Lipinski definition) is 8. The van der Waals surface area contributed by atoms with Gasteiger partial charge in [-0.3, -0.25) is 4.79 Å². The van der Waals surface area contributed by atoms with Gasteiger partial charge in [-0.25, -0.2) is 4.90 Å². The summed E-state index contributed by atoms with van der Waals surface area (Å²) in [5, 5.41) is 10.6. The van der Waals surface area contributed by atoms with Crippen molar-refractivity contribution in [2.75, 3.05) is 34.5 Å². The molecule has 0 radical (unpaired) electrons. The van der Waals surface area contributed by atoms with Crippen molar-refractivity contribution in [2.24, 2.45) is 0 Å². The molecule has 1 N–H and O–H groups in total. The summed E-state index contributed by atoms with van der Waals surface area (Å²) >= 11 is 0. The fraction of sp³-hybridized carbons (Fsp3) is 0.480. The normalized spacial score (nSPS) is 17.3. The Bertz CT molecular complexity index is 865. The second-order valence-electron chi connectivity index (χ2n) is 7.82. The van der Waals surface area contributed by atoms with E-state index in [1.807, 2.05) is 42.5 Å². The van der Waals surface area contributed by atoms with Crippen LogP contribution in [0.2, 0.25) is 0 Å². The topological polar surface area (TPSA) is 86.7 Å². The number of aliphatic hydroxyl groups is 1. The van der Waals surface area contributed by atoms with E-state index in [0.29, 0.717) is 36.6 Å². The minimum Gasteiger partial charge on any atom is -0.493 e. The molecule has 0 bridgehead atoms. The molecule has 8 heteroatoms. The predicted molar refractivity (Wildman–Crippen MR) is 122 cm³/mol. The number of benzene rings is 2. The molecule has 0 aromatic heterocycles. The van der Waals surface area contributed by atoms with Crippen molar-refractivity contribution in [3.05, 3.63) is 53.6 Å². The van der Waals surface area contributed by atoms with Crippen LogP contribution in [0.15, 0.2) is 42.5 Å². The summed E-state index contributed by atoms with van der Waals surface area (Å²) in [5.41, 5.74) is 1.85. The van der Waals surface area contributed by atoms with Crippen LogP contribution in [-0.4, -0.2) is 62.9 Å². The minimum atomic E-state index is -1.17. The number of nitrogens with zero attached hydrogens (tertiary/aromatic N) is 1. The molecule has 33 heavy (non-hydrogen) atoms. The maximum atomic E-state index is 12.8. The number of carbonyl (C=O) groups excluding carboxylic acids is 1. The first kappa shape index (κ1) is 24.8. The fourth-order valence-electron chi connectivity index (χ4n) is 3.96. The van der Waals surface area contributed by atoms with Gasteiger partial charge in [0.15, 0.2) is 11.5 Å². The van der Waals surface area contributed by atoms with Crippen LogP contribution in [-0.2, 0) is 27.3 Å². The van der Waals surface area contributed by atoms with Crippen LogP contribution in [0.4, 0.5) is 0 Å². The van der Waals surface area contributed by atoms with Crippen molar-refractivity contribution in [3.8, 4) is 17.2 Å². The lowest BCUT2D eigenvalue weighted by Gasteiger charge is -2.36. The first-order valence-corrected chi connectivity index (χ1v) is 11.1. The standard InChI is InChI=1S/C25H33NO7/c1-29-21-15-19(16-22(30-2)23(21)31-3)12-14-32-24(27)20-11-7-8-13-26(20)25(28)33-17-18-9-5-4-6-10-18/h4-6,9-10,15-16,20,25,28H,7-8,11-14,17H2,1-3H3/t20-,25?/m0/s1. The van der Waals surface area contributed by atoms with Gasteiger partial charge in [0.25, 0.3) is 0 Å². The second-order valence-corrected chi connectivity index (χ2v) is 7.82. The van der Waals surface area contributed by atoms with E-state index in [1.165, 1.54) is 0 Å². The Labute approximate surface area is 195 Å². The number of likely N-dealkylation sites (tertiary alicyclic amines) is 1. The highest BCUT2D eigenvalue weighted by atomic mass is 16.6. The van der Waals surface area contributed by atoms with Gasteiger partial charge in [-0.1, -0.05) is 36.8 Å². The maximum absolute atomic E-state index is 12.8. The SMILES string of the molecule is COc1cc(CCOC(=O)[C@@H]2CCCCN2C(O)OCc2ccccc2)cc(OC)c1OC. The molecule has 2 atom stereocenters. The lowest BCUT2D eigenvalue weighted by atomic mass is 10.0. The molecule has 0 aliphatic carbocycles.